The van der Waals surface area contributed by atoms with Crippen LogP contribution in [0.15, 0.2) is 24.3 Å². The SMILES string of the molecule is CCCCC/C=C\C/C=C\CCCCCC(=O)OC[C@@H](O)CO[C@@H]1O[C@H](CO)[C@H](O)[C@H](O)[C@H]1O. The van der Waals surface area contributed by atoms with Gasteiger partial charge in [0.2, 0.25) is 0 Å². The van der Waals surface area contributed by atoms with Crippen LogP contribution < -0.4 is 0 Å². The minimum Gasteiger partial charge on any atom is -0.463 e. The third-order valence-electron chi connectivity index (χ3n) is 5.57. The molecular weight excluding hydrogens is 444 g/mol. The highest BCUT2D eigenvalue weighted by molar-refractivity contribution is 5.69. The summed E-state index contributed by atoms with van der Waals surface area (Å²) >= 11 is 0. The summed E-state index contributed by atoms with van der Waals surface area (Å²) in [4.78, 5) is 11.8. The van der Waals surface area contributed by atoms with E-state index >= 15 is 0 Å². The molecule has 0 aromatic heterocycles. The second kappa shape index (κ2) is 18.9. The molecular formula is C25H44O9. The molecule has 0 aliphatic carbocycles. The second-order valence-corrected chi connectivity index (χ2v) is 8.64. The van der Waals surface area contributed by atoms with E-state index in [0.717, 1.165) is 32.1 Å². The summed E-state index contributed by atoms with van der Waals surface area (Å²) in [5.41, 5.74) is 0. The zero-order valence-corrected chi connectivity index (χ0v) is 20.3. The molecule has 0 bridgehead atoms. The first-order valence-electron chi connectivity index (χ1n) is 12.5. The van der Waals surface area contributed by atoms with Gasteiger partial charge in [-0.15, -0.1) is 0 Å². The van der Waals surface area contributed by atoms with E-state index in [2.05, 4.69) is 31.2 Å². The lowest BCUT2D eigenvalue weighted by Gasteiger charge is -2.39. The molecule has 0 unspecified atom stereocenters. The number of aliphatic hydroxyl groups excluding tert-OH is 5. The van der Waals surface area contributed by atoms with Gasteiger partial charge >= 0.3 is 5.97 Å². The first-order chi connectivity index (χ1) is 16.4. The highest BCUT2D eigenvalue weighted by Gasteiger charge is 2.44. The molecule has 1 aliphatic heterocycles. The van der Waals surface area contributed by atoms with Crippen LogP contribution >= 0.6 is 0 Å². The zero-order valence-electron chi connectivity index (χ0n) is 20.3. The highest BCUT2D eigenvalue weighted by atomic mass is 16.7. The lowest BCUT2D eigenvalue weighted by molar-refractivity contribution is -0.305. The van der Waals surface area contributed by atoms with E-state index < -0.39 is 49.4 Å². The third kappa shape index (κ3) is 12.9. The summed E-state index contributed by atoms with van der Waals surface area (Å²) in [6.45, 7) is 1.04. The standard InChI is InChI=1S/C25H44O9/c1-2-3-4-5-6-7-8-9-10-11-12-13-14-15-21(28)32-17-19(27)18-33-25-24(31)23(30)22(29)20(16-26)34-25/h6-7,9-10,19-20,22-27,29-31H,2-5,8,11-18H2,1H3/b7-6-,10-9-/t19-,20-,22+,23+,24-,25-/m1/s1. The molecule has 0 aromatic rings. The fraction of sp³-hybridized carbons (Fsp3) is 0.800. The Morgan fingerprint density at radius 1 is 0.912 bits per heavy atom. The number of hydrogen-bond donors (Lipinski definition) is 5. The highest BCUT2D eigenvalue weighted by Crippen LogP contribution is 2.22. The summed E-state index contributed by atoms with van der Waals surface area (Å²) in [6, 6.07) is 0. The number of carbonyl (C=O) groups excluding carboxylic acids is 1. The van der Waals surface area contributed by atoms with Crippen LogP contribution in [0.25, 0.3) is 0 Å². The number of esters is 1. The number of unbranched alkanes of at least 4 members (excludes halogenated alkanes) is 6. The molecule has 1 fully saturated rings. The Morgan fingerprint density at radius 3 is 2.24 bits per heavy atom. The van der Waals surface area contributed by atoms with Gasteiger partial charge in [0.15, 0.2) is 6.29 Å². The largest absolute Gasteiger partial charge is 0.463 e. The van der Waals surface area contributed by atoms with Crippen molar-refractivity contribution < 1.29 is 44.5 Å². The van der Waals surface area contributed by atoms with Crippen LogP contribution in [0.2, 0.25) is 0 Å². The number of rotatable bonds is 18. The molecule has 1 aliphatic rings. The molecule has 198 valence electrons. The Morgan fingerprint density at radius 2 is 1.59 bits per heavy atom. The van der Waals surface area contributed by atoms with Crippen LogP contribution in [-0.2, 0) is 19.0 Å². The quantitative estimate of drug-likeness (QED) is 0.111. The van der Waals surface area contributed by atoms with Crippen LogP contribution in [0, 0.1) is 0 Å². The predicted molar refractivity (Wildman–Crippen MR) is 127 cm³/mol. The molecule has 0 radical (unpaired) electrons. The Labute approximate surface area is 203 Å². The summed E-state index contributed by atoms with van der Waals surface area (Å²) in [5, 5.41) is 48.4. The van der Waals surface area contributed by atoms with Crippen molar-refractivity contribution in [1.29, 1.82) is 0 Å². The fourth-order valence-corrected chi connectivity index (χ4v) is 3.45. The van der Waals surface area contributed by atoms with E-state index in [-0.39, 0.29) is 19.6 Å². The minimum absolute atomic E-state index is 0.268. The van der Waals surface area contributed by atoms with Gasteiger partial charge in [0, 0.05) is 6.42 Å². The smallest absolute Gasteiger partial charge is 0.305 e. The van der Waals surface area contributed by atoms with Gasteiger partial charge in [-0.2, -0.15) is 0 Å². The van der Waals surface area contributed by atoms with E-state index in [0.29, 0.717) is 6.42 Å². The van der Waals surface area contributed by atoms with Crippen molar-refractivity contribution in [2.75, 3.05) is 19.8 Å². The summed E-state index contributed by atoms with van der Waals surface area (Å²) < 4.78 is 15.4. The molecule has 9 heteroatoms. The Kier molecular flexibility index (Phi) is 17.1. The maximum absolute atomic E-state index is 11.8. The maximum Gasteiger partial charge on any atom is 0.305 e. The molecule has 9 nitrogen and oxygen atoms in total. The van der Waals surface area contributed by atoms with Crippen LogP contribution in [0.3, 0.4) is 0 Å². The van der Waals surface area contributed by atoms with E-state index in [1.807, 2.05) is 0 Å². The maximum atomic E-state index is 11.8. The molecule has 34 heavy (non-hydrogen) atoms. The number of aliphatic hydroxyl groups is 5. The summed E-state index contributed by atoms with van der Waals surface area (Å²) in [6.07, 6.45) is 10.4. The van der Waals surface area contributed by atoms with E-state index in [1.165, 1.54) is 19.3 Å². The molecule has 0 saturated carbocycles. The monoisotopic (exact) mass is 488 g/mol. The summed E-state index contributed by atoms with van der Waals surface area (Å²) in [7, 11) is 0. The van der Waals surface area contributed by atoms with E-state index in [1.54, 1.807) is 0 Å². The lowest BCUT2D eigenvalue weighted by Crippen LogP contribution is -2.59. The van der Waals surface area contributed by atoms with Crippen molar-refractivity contribution in [3.63, 3.8) is 0 Å². The van der Waals surface area contributed by atoms with Gasteiger partial charge in [0.25, 0.3) is 0 Å². The average molecular weight is 489 g/mol. The minimum atomic E-state index is -1.56. The molecule has 0 amide bonds. The predicted octanol–water partition coefficient (Wildman–Crippen LogP) is 1.74. The Bertz CT molecular complexity index is 579. The van der Waals surface area contributed by atoms with Crippen LogP contribution in [0.4, 0.5) is 0 Å². The van der Waals surface area contributed by atoms with E-state index in [9.17, 15) is 25.2 Å². The Balaban J connectivity index is 2.06. The van der Waals surface area contributed by atoms with Crippen LogP contribution in [-0.4, -0.2) is 88.1 Å². The number of hydrogen-bond acceptors (Lipinski definition) is 9. The molecule has 1 saturated heterocycles. The lowest BCUT2D eigenvalue weighted by atomic mass is 9.99. The van der Waals surface area contributed by atoms with Gasteiger partial charge in [-0.25, -0.2) is 0 Å². The number of allylic oxidation sites excluding steroid dienone is 4. The van der Waals surface area contributed by atoms with Gasteiger partial charge in [-0.3, -0.25) is 4.79 Å². The first kappa shape index (κ1) is 30.7. The van der Waals surface area contributed by atoms with E-state index in [4.69, 9.17) is 19.3 Å². The van der Waals surface area contributed by atoms with Gasteiger partial charge in [-0.05, 0) is 38.5 Å². The normalized spacial score (nSPS) is 26.4. The van der Waals surface area contributed by atoms with Crippen molar-refractivity contribution in [2.45, 2.75) is 108 Å². The Hall–Kier alpha value is -1.33. The summed E-state index contributed by atoms with van der Waals surface area (Å²) in [5.74, 6) is -0.407. The molecule has 1 heterocycles. The molecule has 0 spiro atoms. The van der Waals surface area contributed by atoms with Gasteiger partial charge < -0.3 is 39.7 Å². The van der Waals surface area contributed by atoms with Crippen molar-refractivity contribution in [2.24, 2.45) is 0 Å². The second-order valence-electron chi connectivity index (χ2n) is 8.64. The van der Waals surface area contributed by atoms with Crippen LogP contribution in [0.5, 0.6) is 0 Å². The molecule has 0 aromatic carbocycles. The van der Waals surface area contributed by atoms with Crippen molar-refractivity contribution in [1.82, 2.24) is 0 Å². The fourth-order valence-electron chi connectivity index (χ4n) is 3.45. The van der Waals surface area contributed by atoms with Gasteiger partial charge in [0.05, 0.1) is 13.2 Å². The number of carbonyl (C=O) groups is 1. The topological polar surface area (TPSA) is 146 Å². The third-order valence-corrected chi connectivity index (χ3v) is 5.57. The van der Waals surface area contributed by atoms with Crippen molar-refractivity contribution >= 4 is 5.97 Å². The van der Waals surface area contributed by atoms with Crippen LogP contribution in [0.1, 0.15) is 71.1 Å². The number of ether oxygens (including phenoxy) is 3. The van der Waals surface area contributed by atoms with Gasteiger partial charge in [-0.1, -0.05) is 50.5 Å². The zero-order chi connectivity index (χ0) is 25.2. The van der Waals surface area contributed by atoms with Crippen molar-refractivity contribution in [3.05, 3.63) is 24.3 Å². The molecule has 1 rings (SSSR count). The molecule has 6 atom stereocenters. The average Bonchev–Trinajstić information content (AvgIpc) is 2.83. The van der Waals surface area contributed by atoms with Crippen molar-refractivity contribution in [3.8, 4) is 0 Å². The first-order valence-corrected chi connectivity index (χ1v) is 12.5. The molecule has 5 N–H and O–H groups in total. The van der Waals surface area contributed by atoms with Gasteiger partial charge in [0.1, 0.15) is 37.1 Å².